The van der Waals surface area contributed by atoms with E-state index in [2.05, 4.69) is 11.3 Å². The number of halogens is 2. The molecule has 0 aromatic heterocycles. The SMILES string of the molecule is C#CCCCC(NN)c1cc(Cl)ccc1Cl. The molecule has 0 aliphatic carbocycles. The molecule has 0 saturated heterocycles. The second-order valence-corrected chi connectivity index (χ2v) is 4.33. The van der Waals surface area contributed by atoms with Crippen molar-refractivity contribution in [2.75, 3.05) is 0 Å². The minimum Gasteiger partial charge on any atom is -0.271 e. The third-order valence-electron chi connectivity index (χ3n) is 2.35. The molecule has 4 heteroatoms. The van der Waals surface area contributed by atoms with Gasteiger partial charge in [0.2, 0.25) is 0 Å². The van der Waals surface area contributed by atoms with Crippen molar-refractivity contribution in [1.29, 1.82) is 0 Å². The van der Waals surface area contributed by atoms with E-state index in [0.29, 0.717) is 10.0 Å². The largest absolute Gasteiger partial charge is 0.271 e. The first kappa shape index (κ1) is 13.3. The van der Waals surface area contributed by atoms with Crippen LogP contribution in [0.4, 0.5) is 0 Å². The standard InChI is InChI=1S/C12H14Cl2N2/c1-2-3-4-5-12(16-15)10-8-9(13)6-7-11(10)14/h1,6-8,12,16H,3-5,15H2. The van der Waals surface area contributed by atoms with Crippen LogP contribution in [-0.4, -0.2) is 0 Å². The fraction of sp³-hybridized carbons (Fsp3) is 0.333. The molecule has 3 N–H and O–H groups in total. The summed E-state index contributed by atoms with van der Waals surface area (Å²) in [4.78, 5) is 0. The Balaban J connectivity index is 2.78. The van der Waals surface area contributed by atoms with Crippen LogP contribution >= 0.6 is 23.2 Å². The molecule has 1 aromatic rings. The first-order valence-electron chi connectivity index (χ1n) is 5.03. The lowest BCUT2D eigenvalue weighted by Crippen LogP contribution is -2.28. The molecule has 0 fully saturated rings. The topological polar surface area (TPSA) is 38.0 Å². The van der Waals surface area contributed by atoms with Gasteiger partial charge in [0.25, 0.3) is 0 Å². The van der Waals surface area contributed by atoms with E-state index in [-0.39, 0.29) is 6.04 Å². The molecule has 0 saturated carbocycles. The van der Waals surface area contributed by atoms with E-state index in [9.17, 15) is 0 Å². The van der Waals surface area contributed by atoms with Gasteiger partial charge in [-0.2, -0.15) is 0 Å². The summed E-state index contributed by atoms with van der Waals surface area (Å²) in [6.07, 6.45) is 7.66. The molecule has 16 heavy (non-hydrogen) atoms. The molecular formula is C12H14Cl2N2. The molecule has 1 rings (SSSR count). The Morgan fingerprint density at radius 1 is 1.44 bits per heavy atom. The molecule has 0 spiro atoms. The number of hydrogen-bond acceptors (Lipinski definition) is 2. The summed E-state index contributed by atoms with van der Waals surface area (Å²) < 4.78 is 0. The highest BCUT2D eigenvalue weighted by molar-refractivity contribution is 6.33. The molecule has 0 bridgehead atoms. The summed E-state index contributed by atoms with van der Waals surface area (Å²) in [6, 6.07) is 5.33. The molecule has 0 radical (unpaired) electrons. The molecule has 0 heterocycles. The van der Waals surface area contributed by atoms with Gasteiger partial charge in [0.1, 0.15) is 0 Å². The third-order valence-corrected chi connectivity index (χ3v) is 2.93. The minimum atomic E-state index is -0.0143. The number of terminal acetylenes is 1. The van der Waals surface area contributed by atoms with Gasteiger partial charge in [-0.05, 0) is 36.6 Å². The van der Waals surface area contributed by atoms with E-state index >= 15 is 0 Å². The first-order chi connectivity index (χ1) is 7.69. The van der Waals surface area contributed by atoms with Crippen molar-refractivity contribution in [2.45, 2.75) is 25.3 Å². The lowest BCUT2D eigenvalue weighted by Gasteiger charge is -2.17. The van der Waals surface area contributed by atoms with Crippen LogP contribution in [0.25, 0.3) is 0 Å². The Bertz CT molecular complexity index is 385. The molecule has 1 unspecified atom stereocenters. The van der Waals surface area contributed by atoms with Crippen LogP contribution in [0.2, 0.25) is 10.0 Å². The van der Waals surface area contributed by atoms with Crippen molar-refractivity contribution >= 4 is 23.2 Å². The second kappa shape index (κ2) is 6.78. The van der Waals surface area contributed by atoms with Crippen LogP contribution in [0, 0.1) is 12.3 Å². The Kier molecular flexibility index (Phi) is 5.65. The summed E-state index contributed by atoms with van der Waals surface area (Å²) in [6.45, 7) is 0. The number of unbranched alkanes of at least 4 members (excludes halogenated alkanes) is 1. The molecular weight excluding hydrogens is 243 g/mol. The number of hydrazine groups is 1. The zero-order valence-corrected chi connectivity index (χ0v) is 10.4. The predicted octanol–water partition coefficient (Wildman–Crippen LogP) is 3.30. The van der Waals surface area contributed by atoms with Crippen molar-refractivity contribution in [1.82, 2.24) is 5.43 Å². The van der Waals surface area contributed by atoms with Crippen molar-refractivity contribution in [3.63, 3.8) is 0 Å². The highest BCUT2D eigenvalue weighted by atomic mass is 35.5. The fourth-order valence-corrected chi connectivity index (χ4v) is 1.95. The molecule has 0 amide bonds. The van der Waals surface area contributed by atoms with Gasteiger partial charge in [0.05, 0.1) is 0 Å². The van der Waals surface area contributed by atoms with Crippen LogP contribution < -0.4 is 11.3 Å². The maximum atomic E-state index is 6.09. The van der Waals surface area contributed by atoms with E-state index < -0.39 is 0 Å². The van der Waals surface area contributed by atoms with Gasteiger partial charge in [-0.3, -0.25) is 11.3 Å². The Labute approximate surface area is 106 Å². The summed E-state index contributed by atoms with van der Waals surface area (Å²) >= 11 is 12.0. The van der Waals surface area contributed by atoms with E-state index in [1.165, 1.54) is 0 Å². The van der Waals surface area contributed by atoms with Crippen molar-refractivity contribution in [3.05, 3.63) is 33.8 Å². The van der Waals surface area contributed by atoms with E-state index in [0.717, 1.165) is 24.8 Å². The molecule has 2 nitrogen and oxygen atoms in total. The Morgan fingerprint density at radius 3 is 2.81 bits per heavy atom. The van der Waals surface area contributed by atoms with E-state index in [1.54, 1.807) is 12.1 Å². The lowest BCUT2D eigenvalue weighted by atomic mass is 10.0. The van der Waals surface area contributed by atoms with Crippen LogP contribution in [0.5, 0.6) is 0 Å². The molecule has 86 valence electrons. The normalized spacial score (nSPS) is 12.1. The maximum absolute atomic E-state index is 6.09. The van der Waals surface area contributed by atoms with Gasteiger partial charge in [0, 0.05) is 22.5 Å². The van der Waals surface area contributed by atoms with Crippen molar-refractivity contribution in [3.8, 4) is 12.3 Å². The third kappa shape index (κ3) is 3.70. The minimum absolute atomic E-state index is 0.0143. The number of hydrogen-bond donors (Lipinski definition) is 2. The van der Waals surface area contributed by atoms with Gasteiger partial charge in [0.15, 0.2) is 0 Å². The highest BCUT2D eigenvalue weighted by Gasteiger charge is 2.13. The average molecular weight is 257 g/mol. The van der Waals surface area contributed by atoms with Crippen molar-refractivity contribution < 1.29 is 0 Å². The van der Waals surface area contributed by atoms with Crippen LogP contribution in [0.3, 0.4) is 0 Å². The predicted molar refractivity (Wildman–Crippen MR) is 69.2 cm³/mol. The maximum Gasteiger partial charge on any atom is 0.0475 e. The number of nitrogens with two attached hydrogens (primary N) is 1. The fourth-order valence-electron chi connectivity index (χ4n) is 1.52. The van der Waals surface area contributed by atoms with Gasteiger partial charge >= 0.3 is 0 Å². The lowest BCUT2D eigenvalue weighted by molar-refractivity contribution is 0.502. The average Bonchev–Trinajstić information content (AvgIpc) is 2.28. The van der Waals surface area contributed by atoms with E-state index in [1.807, 2.05) is 6.07 Å². The smallest absolute Gasteiger partial charge is 0.0475 e. The number of benzene rings is 1. The molecule has 1 atom stereocenters. The van der Waals surface area contributed by atoms with Gasteiger partial charge in [-0.15, -0.1) is 12.3 Å². The number of nitrogens with one attached hydrogen (secondary N) is 1. The Hall–Kier alpha value is -0.720. The van der Waals surface area contributed by atoms with E-state index in [4.69, 9.17) is 35.5 Å². The molecule has 1 aromatic carbocycles. The van der Waals surface area contributed by atoms with Crippen LogP contribution in [-0.2, 0) is 0 Å². The van der Waals surface area contributed by atoms with Gasteiger partial charge in [-0.1, -0.05) is 23.2 Å². The van der Waals surface area contributed by atoms with Gasteiger partial charge < -0.3 is 0 Å². The summed E-state index contributed by atoms with van der Waals surface area (Å²) in [5.74, 6) is 8.10. The monoisotopic (exact) mass is 256 g/mol. The highest BCUT2D eigenvalue weighted by Crippen LogP contribution is 2.28. The van der Waals surface area contributed by atoms with Gasteiger partial charge in [-0.25, -0.2) is 0 Å². The summed E-state index contributed by atoms with van der Waals surface area (Å²) in [7, 11) is 0. The van der Waals surface area contributed by atoms with Crippen LogP contribution in [0.1, 0.15) is 30.9 Å². The zero-order chi connectivity index (χ0) is 12.0. The van der Waals surface area contributed by atoms with Crippen LogP contribution in [0.15, 0.2) is 18.2 Å². The number of rotatable bonds is 5. The summed E-state index contributed by atoms with van der Waals surface area (Å²) in [5, 5.41) is 1.31. The molecule has 0 aliphatic rings. The zero-order valence-electron chi connectivity index (χ0n) is 8.84. The second-order valence-electron chi connectivity index (χ2n) is 3.48. The quantitative estimate of drug-likeness (QED) is 0.367. The summed E-state index contributed by atoms with van der Waals surface area (Å²) in [5.41, 5.74) is 3.64. The first-order valence-corrected chi connectivity index (χ1v) is 5.79. The van der Waals surface area contributed by atoms with Crippen molar-refractivity contribution in [2.24, 2.45) is 5.84 Å². The molecule has 0 aliphatic heterocycles. The Morgan fingerprint density at radius 2 is 2.19 bits per heavy atom.